The molecular weight excluding hydrogens is 428 g/mol. The van der Waals surface area contributed by atoms with Crippen LogP contribution < -0.4 is 5.11 Å². The zero-order valence-electron chi connectivity index (χ0n) is 16.8. The fourth-order valence-electron chi connectivity index (χ4n) is 3.09. The summed E-state index contributed by atoms with van der Waals surface area (Å²) in [6.45, 7) is 2.16. The second-order valence-corrected chi connectivity index (χ2v) is 8.44. The molecule has 1 heterocycles. The maximum absolute atomic E-state index is 11.8. The largest absolute Gasteiger partial charge is 0.539 e. The van der Waals surface area contributed by atoms with Crippen LogP contribution in [-0.4, -0.2) is 38.1 Å². The zero-order chi connectivity index (χ0) is 22.0. The van der Waals surface area contributed by atoms with E-state index in [1.165, 1.54) is 41.5 Å². The first-order valence-electron chi connectivity index (χ1n) is 9.84. The van der Waals surface area contributed by atoms with Crippen molar-refractivity contribution in [1.82, 2.24) is 9.55 Å². The van der Waals surface area contributed by atoms with Crippen molar-refractivity contribution in [1.29, 1.82) is 0 Å². The molecule has 1 aromatic heterocycles. The van der Waals surface area contributed by atoms with E-state index < -0.39 is 23.8 Å². The monoisotopic (exact) mass is 453 g/mol. The van der Waals surface area contributed by atoms with Gasteiger partial charge in [-0.3, -0.25) is 4.57 Å². The van der Waals surface area contributed by atoms with Crippen LogP contribution in [0.25, 0.3) is 0 Å². The van der Waals surface area contributed by atoms with Crippen molar-refractivity contribution in [2.45, 2.75) is 50.9 Å². The number of imidazole rings is 1. The van der Waals surface area contributed by atoms with Crippen molar-refractivity contribution in [3.8, 4) is 0 Å². The van der Waals surface area contributed by atoms with Crippen LogP contribution >= 0.6 is 23.4 Å². The molecule has 0 aliphatic rings. The van der Waals surface area contributed by atoms with Gasteiger partial charge in [0.05, 0.1) is 6.33 Å². The predicted octanol–water partition coefficient (Wildman–Crippen LogP) is 2.92. The predicted molar refractivity (Wildman–Crippen MR) is 114 cm³/mol. The fraction of sp³-hybridized carbons (Fsp3) is 0.476. The summed E-state index contributed by atoms with van der Waals surface area (Å²) >= 11 is 7.83. The molecule has 0 aliphatic carbocycles. The summed E-state index contributed by atoms with van der Waals surface area (Å²) in [6, 6.07) is 6.66. The summed E-state index contributed by atoms with van der Waals surface area (Å²) in [4.78, 5) is 26.7. The number of aliphatic hydroxyl groups is 1. The average molecular weight is 454 g/mol. The highest BCUT2D eigenvalue weighted by atomic mass is 35.5. The van der Waals surface area contributed by atoms with Gasteiger partial charge in [0.1, 0.15) is 0 Å². The lowest BCUT2D eigenvalue weighted by Gasteiger charge is -2.37. The molecule has 0 aliphatic heterocycles. The highest BCUT2D eigenvalue weighted by Crippen LogP contribution is 2.40. The van der Waals surface area contributed by atoms with Gasteiger partial charge in [0.2, 0.25) is 6.23 Å². The Labute approximate surface area is 185 Å². The number of carboxylic acids is 1. The molecule has 0 saturated heterocycles. The Morgan fingerprint density at radius 1 is 1.30 bits per heavy atom. The molecule has 1 aromatic carbocycles. The van der Waals surface area contributed by atoms with Crippen molar-refractivity contribution in [2.24, 2.45) is 0 Å². The first kappa shape index (κ1) is 24.2. The molecule has 164 valence electrons. The van der Waals surface area contributed by atoms with Gasteiger partial charge in [0, 0.05) is 28.7 Å². The van der Waals surface area contributed by atoms with Crippen LogP contribution in [0.5, 0.6) is 0 Å². The number of carbonyl (C=O) groups excluding carboxylic acids is 2. The van der Waals surface area contributed by atoms with E-state index in [-0.39, 0.29) is 10.8 Å². The SMILES string of the molecule is CCCCCCCSCC(O)(c1ccccc1Cl)C(OC(=O)C(=O)[O-])n1ccnc1. The number of unbranched alkanes of at least 4 members (excludes halogenated alkanes) is 4. The first-order valence-corrected chi connectivity index (χ1v) is 11.4. The van der Waals surface area contributed by atoms with E-state index in [0.717, 1.165) is 31.4 Å². The van der Waals surface area contributed by atoms with Crippen molar-refractivity contribution in [3.63, 3.8) is 0 Å². The Morgan fingerprint density at radius 3 is 2.67 bits per heavy atom. The Bertz CT molecular complexity index is 817. The van der Waals surface area contributed by atoms with Crippen molar-refractivity contribution < 1.29 is 24.5 Å². The van der Waals surface area contributed by atoms with Crippen molar-refractivity contribution in [3.05, 3.63) is 53.6 Å². The highest BCUT2D eigenvalue weighted by molar-refractivity contribution is 7.99. The molecule has 1 N–H and O–H groups in total. The number of thioether (sulfide) groups is 1. The maximum atomic E-state index is 11.8. The summed E-state index contributed by atoms with van der Waals surface area (Å²) in [5, 5.41) is 23.0. The number of hydrogen-bond acceptors (Lipinski definition) is 7. The number of rotatable bonds is 12. The fourth-order valence-corrected chi connectivity index (χ4v) is 4.55. The normalized spacial score (nSPS) is 14.1. The smallest absolute Gasteiger partial charge is 0.356 e. The van der Waals surface area contributed by atoms with E-state index in [0.29, 0.717) is 5.56 Å². The van der Waals surface area contributed by atoms with Crippen LogP contribution in [0.3, 0.4) is 0 Å². The molecule has 2 atom stereocenters. The van der Waals surface area contributed by atoms with Crippen LogP contribution in [0, 0.1) is 0 Å². The molecule has 2 unspecified atom stereocenters. The van der Waals surface area contributed by atoms with Crippen LogP contribution in [0.1, 0.15) is 50.8 Å². The van der Waals surface area contributed by atoms with Gasteiger partial charge < -0.3 is 19.7 Å². The van der Waals surface area contributed by atoms with E-state index in [9.17, 15) is 19.8 Å². The Kier molecular flexibility index (Phi) is 9.68. The molecule has 0 spiro atoms. The Balaban J connectivity index is 2.29. The molecular formula is C21H26ClN2O5S-. The number of nitrogens with zero attached hydrogens (tertiary/aromatic N) is 2. The number of aliphatic carboxylic acids is 1. The Morgan fingerprint density at radius 2 is 2.03 bits per heavy atom. The molecule has 2 aromatic rings. The van der Waals surface area contributed by atoms with Gasteiger partial charge in [-0.2, -0.15) is 11.8 Å². The van der Waals surface area contributed by atoms with E-state index in [2.05, 4.69) is 11.9 Å². The van der Waals surface area contributed by atoms with Crippen LogP contribution in [0.15, 0.2) is 43.0 Å². The lowest BCUT2D eigenvalue weighted by molar-refractivity contribution is -0.306. The van der Waals surface area contributed by atoms with Gasteiger partial charge in [-0.15, -0.1) is 0 Å². The molecule has 0 radical (unpaired) electrons. The third kappa shape index (κ3) is 6.48. The van der Waals surface area contributed by atoms with Crippen LogP contribution in [0.2, 0.25) is 5.02 Å². The van der Waals surface area contributed by atoms with E-state index in [1.807, 2.05) is 0 Å². The standard InChI is InChI=1S/C21H27ClN2O5S/c1-2-3-4-5-8-13-30-14-21(28,16-9-6-7-10-17(16)22)20(24-12-11-23-15-24)29-19(27)18(25)26/h6-7,9-12,15,20,28H,2-5,8,13-14H2,1H3,(H,25,26)/p-1. The molecule has 0 fully saturated rings. The Hall–Kier alpha value is -2.03. The highest BCUT2D eigenvalue weighted by Gasteiger charge is 2.44. The summed E-state index contributed by atoms with van der Waals surface area (Å²) in [7, 11) is 0. The second kappa shape index (κ2) is 12.0. The molecule has 7 nitrogen and oxygen atoms in total. The topological polar surface area (TPSA) is 104 Å². The van der Waals surface area contributed by atoms with Gasteiger partial charge in [-0.25, -0.2) is 9.78 Å². The second-order valence-electron chi connectivity index (χ2n) is 6.93. The molecule has 30 heavy (non-hydrogen) atoms. The van der Waals surface area contributed by atoms with Gasteiger partial charge in [-0.1, -0.05) is 62.4 Å². The number of halogens is 1. The molecule has 9 heteroatoms. The number of aromatic nitrogens is 2. The average Bonchev–Trinajstić information content (AvgIpc) is 3.25. The minimum Gasteiger partial charge on any atom is -0.539 e. The summed E-state index contributed by atoms with van der Waals surface area (Å²) in [5.41, 5.74) is -1.46. The first-order chi connectivity index (χ1) is 14.4. The number of ether oxygens (including phenoxy) is 1. The van der Waals surface area contributed by atoms with Gasteiger partial charge >= 0.3 is 5.97 Å². The maximum Gasteiger partial charge on any atom is 0.356 e. The number of carbonyl (C=O) groups is 2. The minimum atomic E-state index is -2.00. The third-order valence-corrected chi connectivity index (χ3v) is 6.20. The lowest BCUT2D eigenvalue weighted by Crippen LogP contribution is -2.44. The molecule has 0 amide bonds. The zero-order valence-corrected chi connectivity index (χ0v) is 18.4. The van der Waals surface area contributed by atoms with E-state index in [4.69, 9.17) is 16.3 Å². The molecule has 0 bridgehead atoms. The van der Waals surface area contributed by atoms with Crippen LogP contribution in [-0.2, 0) is 19.9 Å². The number of esters is 1. The van der Waals surface area contributed by atoms with Crippen molar-refractivity contribution in [2.75, 3.05) is 11.5 Å². The summed E-state index contributed by atoms with van der Waals surface area (Å²) in [5.74, 6) is -2.65. The van der Waals surface area contributed by atoms with Crippen LogP contribution in [0.4, 0.5) is 0 Å². The summed E-state index contributed by atoms with van der Waals surface area (Å²) in [6.07, 6.45) is 8.45. The van der Waals surface area contributed by atoms with Gasteiger partial charge in [0.15, 0.2) is 11.6 Å². The van der Waals surface area contributed by atoms with E-state index >= 15 is 0 Å². The quantitative estimate of drug-likeness (QED) is 0.299. The third-order valence-electron chi connectivity index (χ3n) is 4.64. The van der Waals surface area contributed by atoms with Gasteiger partial charge in [-0.05, 0) is 18.2 Å². The van der Waals surface area contributed by atoms with Crippen molar-refractivity contribution >= 4 is 35.3 Å². The lowest BCUT2D eigenvalue weighted by atomic mass is 9.93. The van der Waals surface area contributed by atoms with Gasteiger partial charge in [0.25, 0.3) is 0 Å². The number of hydrogen-bond donors (Lipinski definition) is 1. The minimum absolute atomic E-state index is 0.133. The molecule has 2 rings (SSSR count). The summed E-state index contributed by atoms with van der Waals surface area (Å²) < 4.78 is 6.48. The molecule has 0 saturated carbocycles. The van der Waals surface area contributed by atoms with E-state index in [1.54, 1.807) is 24.3 Å². The number of benzene rings is 1. The number of carboxylic acid groups (broad SMARTS) is 1.